The number of hydrogen-bond donors (Lipinski definition) is 1. The second-order valence-corrected chi connectivity index (χ2v) is 5.65. The molecule has 1 aromatic heterocycles. The molecular weight excluding hydrogens is 316 g/mol. The molecule has 0 saturated heterocycles. The largest absolute Gasteiger partial charge is 0.492 e. The molecule has 0 bridgehead atoms. The molecule has 3 aromatic rings. The van der Waals surface area contributed by atoms with Gasteiger partial charge in [0.15, 0.2) is 5.69 Å². The van der Waals surface area contributed by atoms with Crippen molar-refractivity contribution in [1.82, 2.24) is 20.3 Å². The van der Waals surface area contributed by atoms with E-state index in [9.17, 15) is 4.79 Å². The lowest BCUT2D eigenvalue weighted by Gasteiger charge is -2.06. The Morgan fingerprint density at radius 3 is 2.68 bits per heavy atom. The van der Waals surface area contributed by atoms with Crippen molar-refractivity contribution in [1.29, 1.82) is 0 Å². The fraction of sp³-hybridized carbons (Fsp3) is 0.211. The van der Waals surface area contributed by atoms with Gasteiger partial charge in [0.1, 0.15) is 12.4 Å². The molecule has 1 N–H and O–H groups in total. The Morgan fingerprint density at radius 2 is 1.88 bits per heavy atom. The fourth-order valence-electron chi connectivity index (χ4n) is 2.38. The average molecular weight is 336 g/mol. The summed E-state index contributed by atoms with van der Waals surface area (Å²) in [6.07, 6.45) is 1.65. The molecule has 2 aromatic carbocycles. The summed E-state index contributed by atoms with van der Waals surface area (Å²) in [7, 11) is 0. The van der Waals surface area contributed by atoms with Gasteiger partial charge in [-0.3, -0.25) is 4.79 Å². The normalized spacial score (nSPS) is 10.4. The number of ether oxygens (including phenoxy) is 1. The van der Waals surface area contributed by atoms with E-state index in [2.05, 4.69) is 15.6 Å². The number of carbonyl (C=O) groups is 1. The van der Waals surface area contributed by atoms with E-state index in [0.29, 0.717) is 25.4 Å². The van der Waals surface area contributed by atoms with Crippen LogP contribution in [0.4, 0.5) is 0 Å². The number of carbonyl (C=O) groups excluding carboxylic acids is 1. The van der Waals surface area contributed by atoms with E-state index >= 15 is 0 Å². The Labute approximate surface area is 146 Å². The molecule has 0 aliphatic heterocycles. The van der Waals surface area contributed by atoms with Gasteiger partial charge in [0.2, 0.25) is 0 Å². The molecule has 0 atom stereocenters. The Kier molecular flexibility index (Phi) is 5.41. The number of rotatable bonds is 7. The van der Waals surface area contributed by atoms with Crippen molar-refractivity contribution in [3.05, 3.63) is 77.6 Å². The van der Waals surface area contributed by atoms with Crippen LogP contribution in [-0.2, 0) is 6.54 Å². The van der Waals surface area contributed by atoms with Crippen LogP contribution in [0.1, 0.15) is 21.6 Å². The van der Waals surface area contributed by atoms with Crippen LogP contribution in [0.15, 0.2) is 60.8 Å². The van der Waals surface area contributed by atoms with Crippen LogP contribution < -0.4 is 10.1 Å². The molecule has 6 nitrogen and oxygen atoms in total. The third-order valence-electron chi connectivity index (χ3n) is 3.76. The van der Waals surface area contributed by atoms with Gasteiger partial charge < -0.3 is 10.1 Å². The van der Waals surface area contributed by atoms with Gasteiger partial charge in [-0.1, -0.05) is 47.7 Å². The van der Waals surface area contributed by atoms with Gasteiger partial charge in [-0.15, -0.1) is 5.10 Å². The van der Waals surface area contributed by atoms with Crippen LogP contribution in [0.3, 0.4) is 0 Å². The van der Waals surface area contributed by atoms with Gasteiger partial charge in [0.25, 0.3) is 5.91 Å². The van der Waals surface area contributed by atoms with E-state index in [1.807, 2.05) is 61.5 Å². The van der Waals surface area contributed by atoms with E-state index in [0.717, 1.165) is 11.3 Å². The van der Waals surface area contributed by atoms with E-state index in [1.54, 1.807) is 10.9 Å². The number of aryl methyl sites for hydroxylation is 1. The van der Waals surface area contributed by atoms with Gasteiger partial charge >= 0.3 is 0 Å². The zero-order valence-electron chi connectivity index (χ0n) is 14.1. The standard InChI is InChI=1S/C19H20N4O2/c1-15-7-5-6-8-16(15)13-23-14-18(21-22-23)19(24)20-11-12-25-17-9-3-2-4-10-17/h2-10,14H,11-13H2,1H3,(H,20,24). The summed E-state index contributed by atoms with van der Waals surface area (Å²) < 4.78 is 7.20. The first-order chi connectivity index (χ1) is 12.2. The number of nitrogens with zero attached hydrogens (tertiary/aromatic N) is 3. The predicted molar refractivity (Wildman–Crippen MR) is 94.6 cm³/mol. The Balaban J connectivity index is 1.48. The number of para-hydroxylation sites is 1. The topological polar surface area (TPSA) is 69.0 Å². The van der Waals surface area contributed by atoms with Crippen LogP contribution in [0.5, 0.6) is 5.75 Å². The van der Waals surface area contributed by atoms with Crippen molar-refractivity contribution in [2.45, 2.75) is 13.5 Å². The van der Waals surface area contributed by atoms with Gasteiger partial charge in [0.05, 0.1) is 19.3 Å². The quantitative estimate of drug-likeness (QED) is 0.673. The van der Waals surface area contributed by atoms with Crippen molar-refractivity contribution in [3.63, 3.8) is 0 Å². The first-order valence-electron chi connectivity index (χ1n) is 8.13. The van der Waals surface area contributed by atoms with Crippen molar-refractivity contribution in [2.75, 3.05) is 13.2 Å². The van der Waals surface area contributed by atoms with Crippen molar-refractivity contribution >= 4 is 5.91 Å². The Bertz CT molecular complexity index is 830. The smallest absolute Gasteiger partial charge is 0.273 e. The van der Waals surface area contributed by atoms with Crippen LogP contribution in [0, 0.1) is 6.92 Å². The minimum Gasteiger partial charge on any atom is -0.492 e. The minimum absolute atomic E-state index is 0.257. The molecule has 6 heteroatoms. The molecule has 0 radical (unpaired) electrons. The number of amides is 1. The zero-order valence-corrected chi connectivity index (χ0v) is 14.1. The molecular formula is C19H20N4O2. The lowest BCUT2D eigenvalue weighted by atomic mass is 10.1. The highest BCUT2D eigenvalue weighted by atomic mass is 16.5. The minimum atomic E-state index is -0.257. The summed E-state index contributed by atoms with van der Waals surface area (Å²) in [6.45, 7) is 3.43. The van der Waals surface area contributed by atoms with E-state index in [-0.39, 0.29) is 5.91 Å². The summed E-state index contributed by atoms with van der Waals surface area (Å²) in [5, 5.41) is 10.7. The van der Waals surface area contributed by atoms with Gasteiger partial charge in [-0.05, 0) is 30.2 Å². The number of benzene rings is 2. The second-order valence-electron chi connectivity index (χ2n) is 5.65. The SMILES string of the molecule is Cc1ccccc1Cn1cc(C(=O)NCCOc2ccccc2)nn1. The maximum Gasteiger partial charge on any atom is 0.273 e. The van der Waals surface area contributed by atoms with E-state index in [4.69, 9.17) is 4.74 Å². The number of nitrogens with one attached hydrogen (secondary N) is 1. The van der Waals surface area contributed by atoms with Crippen LogP contribution >= 0.6 is 0 Å². The first kappa shape index (κ1) is 16.7. The molecule has 1 heterocycles. The summed E-state index contributed by atoms with van der Waals surface area (Å²) in [6, 6.07) is 17.6. The molecule has 0 unspecified atom stereocenters. The third-order valence-corrected chi connectivity index (χ3v) is 3.76. The Morgan fingerprint density at radius 1 is 1.12 bits per heavy atom. The highest BCUT2D eigenvalue weighted by Crippen LogP contribution is 2.09. The molecule has 0 saturated carbocycles. The maximum atomic E-state index is 12.1. The van der Waals surface area contributed by atoms with E-state index in [1.165, 1.54) is 5.56 Å². The molecule has 0 spiro atoms. The number of hydrogen-bond acceptors (Lipinski definition) is 4. The Hall–Kier alpha value is -3.15. The second kappa shape index (κ2) is 8.10. The summed E-state index contributed by atoms with van der Waals surface area (Å²) in [5.41, 5.74) is 2.63. The molecule has 0 fully saturated rings. The van der Waals surface area contributed by atoms with Gasteiger partial charge in [0, 0.05) is 0 Å². The van der Waals surface area contributed by atoms with Crippen LogP contribution in [0.25, 0.3) is 0 Å². The third kappa shape index (κ3) is 4.67. The number of aromatic nitrogens is 3. The summed E-state index contributed by atoms with van der Waals surface area (Å²) >= 11 is 0. The maximum absolute atomic E-state index is 12.1. The van der Waals surface area contributed by atoms with E-state index < -0.39 is 0 Å². The monoisotopic (exact) mass is 336 g/mol. The molecule has 0 aliphatic rings. The van der Waals surface area contributed by atoms with Gasteiger partial charge in [-0.25, -0.2) is 4.68 Å². The summed E-state index contributed by atoms with van der Waals surface area (Å²) in [5.74, 6) is 0.522. The molecule has 25 heavy (non-hydrogen) atoms. The predicted octanol–water partition coefficient (Wildman–Crippen LogP) is 2.44. The van der Waals surface area contributed by atoms with Crippen molar-refractivity contribution in [3.8, 4) is 5.75 Å². The van der Waals surface area contributed by atoms with Crippen molar-refractivity contribution < 1.29 is 9.53 Å². The molecule has 0 aliphatic carbocycles. The lowest BCUT2D eigenvalue weighted by molar-refractivity contribution is 0.0942. The highest BCUT2D eigenvalue weighted by Gasteiger charge is 2.10. The van der Waals surface area contributed by atoms with Crippen LogP contribution in [0.2, 0.25) is 0 Å². The molecule has 1 amide bonds. The summed E-state index contributed by atoms with van der Waals surface area (Å²) in [4.78, 5) is 12.1. The highest BCUT2D eigenvalue weighted by molar-refractivity contribution is 5.91. The van der Waals surface area contributed by atoms with Gasteiger partial charge in [-0.2, -0.15) is 0 Å². The average Bonchev–Trinajstić information content (AvgIpc) is 3.10. The van der Waals surface area contributed by atoms with Crippen molar-refractivity contribution in [2.24, 2.45) is 0 Å². The molecule has 128 valence electrons. The fourth-order valence-corrected chi connectivity index (χ4v) is 2.38. The molecule has 3 rings (SSSR count). The lowest BCUT2D eigenvalue weighted by Crippen LogP contribution is -2.28. The first-order valence-corrected chi connectivity index (χ1v) is 8.13. The van der Waals surface area contributed by atoms with Crippen LogP contribution in [-0.4, -0.2) is 34.1 Å². The zero-order chi connectivity index (χ0) is 17.5.